The van der Waals surface area contributed by atoms with Crippen LogP contribution in [0.2, 0.25) is 0 Å². The van der Waals surface area contributed by atoms with Gasteiger partial charge >= 0.3 is 5.97 Å². The molecule has 94 valence electrons. The summed E-state index contributed by atoms with van der Waals surface area (Å²) in [5, 5.41) is 12.6. The monoisotopic (exact) mass is 245 g/mol. The molecule has 1 fully saturated rings. The number of carboxylic acid groups (broad SMARTS) is 1. The summed E-state index contributed by atoms with van der Waals surface area (Å²) in [6.45, 7) is 5.22. The van der Waals surface area contributed by atoms with Crippen LogP contribution in [0.4, 0.5) is 0 Å². The quantitative estimate of drug-likeness (QED) is 0.705. The number of aliphatic carboxylic acids is 1. The SMILES string of the molecule is CC(C)CCCNC1(C(=O)O)CCCSC1. The normalized spacial score (nSPS) is 25.9. The predicted molar refractivity (Wildman–Crippen MR) is 69.0 cm³/mol. The van der Waals surface area contributed by atoms with Crippen molar-refractivity contribution in [3.05, 3.63) is 0 Å². The summed E-state index contributed by atoms with van der Waals surface area (Å²) < 4.78 is 0. The van der Waals surface area contributed by atoms with E-state index >= 15 is 0 Å². The highest BCUT2D eigenvalue weighted by Crippen LogP contribution is 2.27. The third kappa shape index (κ3) is 3.98. The van der Waals surface area contributed by atoms with E-state index in [1.54, 1.807) is 11.8 Å². The van der Waals surface area contributed by atoms with Crippen LogP contribution in [0.5, 0.6) is 0 Å². The Hall–Kier alpha value is -0.220. The van der Waals surface area contributed by atoms with Crippen LogP contribution in [0, 0.1) is 5.92 Å². The van der Waals surface area contributed by atoms with Crippen molar-refractivity contribution in [3.8, 4) is 0 Å². The van der Waals surface area contributed by atoms with Crippen molar-refractivity contribution in [2.45, 2.75) is 45.1 Å². The van der Waals surface area contributed by atoms with Crippen LogP contribution in [0.3, 0.4) is 0 Å². The lowest BCUT2D eigenvalue weighted by Crippen LogP contribution is -2.56. The molecule has 0 aromatic heterocycles. The fraction of sp³-hybridized carbons (Fsp3) is 0.917. The van der Waals surface area contributed by atoms with Crippen LogP contribution < -0.4 is 5.32 Å². The van der Waals surface area contributed by atoms with Crippen molar-refractivity contribution < 1.29 is 9.90 Å². The van der Waals surface area contributed by atoms with E-state index in [0.717, 1.165) is 38.0 Å². The molecule has 3 nitrogen and oxygen atoms in total. The molecular weight excluding hydrogens is 222 g/mol. The molecule has 2 N–H and O–H groups in total. The van der Waals surface area contributed by atoms with Crippen LogP contribution in [0.15, 0.2) is 0 Å². The van der Waals surface area contributed by atoms with E-state index in [1.807, 2.05) is 0 Å². The molecule has 0 aromatic carbocycles. The second kappa shape index (κ2) is 6.50. The minimum Gasteiger partial charge on any atom is -0.480 e. The standard InChI is InChI=1S/C12H23NO2S/c1-10(2)5-3-7-13-12(11(14)15)6-4-8-16-9-12/h10,13H,3-9H2,1-2H3,(H,14,15). The molecule has 1 rings (SSSR count). The van der Waals surface area contributed by atoms with E-state index in [2.05, 4.69) is 19.2 Å². The Morgan fingerprint density at radius 1 is 1.56 bits per heavy atom. The molecule has 1 atom stereocenters. The Morgan fingerprint density at radius 3 is 2.81 bits per heavy atom. The lowest BCUT2D eigenvalue weighted by molar-refractivity contribution is -0.144. The Morgan fingerprint density at radius 2 is 2.31 bits per heavy atom. The summed E-state index contributed by atoms with van der Waals surface area (Å²) in [7, 11) is 0. The third-order valence-corrected chi connectivity index (χ3v) is 4.35. The van der Waals surface area contributed by atoms with Gasteiger partial charge in [0.1, 0.15) is 5.54 Å². The van der Waals surface area contributed by atoms with Crippen molar-refractivity contribution in [2.24, 2.45) is 5.92 Å². The van der Waals surface area contributed by atoms with E-state index in [-0.39, 0.29) is 0 Å². The zero-order valence-corrected chi connectivity index (χ0v) is 11.1. The zero-order chi connectivity index (χ0) is 12.0. The van der Waals surface area contributed by atoms with E-state index in [1.165, 1.54) is 0 Å². The topological polar surface area (TPSA) is 49.3 Å². The number of carboxylic acids is 1. The molecule has 0 spiro atoms. The van der Waals surface area contributed by atoms with Gasteiger partial charge in [-0.15, -0.1) is 0 Å². The first-order chi connectivity index (χ1) is 7.57. The summed E-state index contributed by atoms with van der Waals surface area (Å²) in [5.41, 5.74) is -0.653. The molecule has 1 heterocycles. The second-order valence-corrected chi connectivity index (χ2v) is 6.11. The first kappa shape index (κ1) is 13.8. The molecule has 1 aliphatic rings. The van der Waals surface area contributed by atoms with Crippen LogP contribution in [-0.2, 0) is 4.79 Å². The van der Waals surface area contributed by atoms with Gasteiger partial charge in [-0.25, -0.2) is 0 Å². The molecule has 0 radical (unpaired) electrons. The van der Waals surface area contributed by atoms with Crippen LogP contribution >= 0.6 is 11.8 Å². The molecule has 1 unspecified atom stereocenters. The van der Waals surface area contributed by atoms with Gasteiger partial charge in [-0.3, -0.25) is 4.79 Å². The second-order valence-electron chi connectivity index (χ2n) is 5.01. The Bertz CT molecular complexity index is 225. The van der Waals surface area contributed by atoms with Crippen molar-refractivity contribution in [2.75, 3.05) is 18.1 Å². The lowest BCUT2D eigenvalue weighted by atomic mass is 9.95. The van der Waals surface area contributed by atoms with Gasteiger partial charge in [-0.2, -0.15) is 11.8 Å². The highest BCUT2D eigenvalue weighted by Gasteiger charge is 2.39. The van der Waals surface area contributed by atoms with E-state index < -0.39 is 11.5 Å². The first-order valence-corrected chi connectivity index (χ1v) is 7.28. The highest BCUT2D eigenvalue weighted by molar-refractivity contribution is 7.99. The number of hydrogen-bond acceptors (Lipinski definition) is 3. The largest absolute Gasteiger partial charge is 0.480 e. The van der Waals surface area contributed by atoms with Crippen LogP contribution in [0.25, 0.3) is 0 Å². The molecule has 0 saturated carbocycles. The molecule has 0 bridgehead atoms. The summed E-state index contributed by atoms with van der Waals surface area (Å²) in [4.78, 5) is 11.3. The van der Waals surface area contributed by atoms with Crippen LogP contribution in [0.1, 0.15) is 39.5 Å². The smallest absolute Gasteiger partial charge is 0.324 e. The number of nitrogens with one attached hydrogen (secondary N) is 1. The minimum atomic E-state index is -0.677. The summed E-state index contributed by atoms with van der Waals surface area (Å²) >= 11 is 1.75. The van der Waals surface area contributed by atoms with E-state index in [9.17, 15) is 9.90 Å². The molecule has 0 aromatic rings. The molecule has 1 saturated heterocycles. The van der Waals surface area contributed by atoms with Gasteiger partial charge in [0.2, 0.25) is 0 Å². The summed E-state index contributed by atoms with van der Waals surface area (Å²) in [6.07, 6.45) is 4.01. The van der Waals surface area contributed by atoms with Gasteiger partial charge < -0.3 is 10.4 Å². The Balaban J connectivity index is 2.36. The molecular formula is C12H23NO2S. The zero-order valence-electron chi connectivity index (χ0n) is 10.3. The van der Waals surface area contributed by atoms with E-state index in [4.69, 9.17) is 0 Å². The predicted octanol–water partition coefficient (Wildman–Crippen LogP) is 2.36. The fourth-order valence-electron chi connectivity index (χ4n) is 2.02. The first-order valence-electron chi connectivity index (χ1n) is 6.13. The van der Waals surface area contributed by atoms with Gasteiger partial charge in [0.25, 0.3) is 0 Å². The number of rotatable bonds is 6. The maximum absolute atomic E-state index is 11.3. The average Bonchev–Trinajstić information content (AvgIpc) is 2.25. The van der Waals surface area contributed by atoms with Gasteiger partial charge in [0, 0.05) is 5.75 Å². The third-order valence-electron chi connectivity index (χ3n) is 3.07. The van der Waals surface area contributed by atoms with Gasteiger partial charge in [-0.1, -0.05) is 13.8 Å². The molecule has 4 heteroatoms. The molecule has 0 amide bonds. The summed E-state index contributed by atoms with van der Waals surface area (Å²) in [6, 6.07) is 0. The molecule has 0 aliphatic carbocycles. The van der Waals surface area contributed by atoms with Crippen molar-refractivity contribution in [1.82, 2.24) is 5.32 Å². The Kier molecular flexibility index (Phi) is 5.62. The highest BCUT2D eigenvalue weighted by atomic mass is 32.2. The maximum atomic E-state index is 11.3. The van der Waals surface area contributed by atoms with Crippen molar-refractivity contribution >= 4 is 17.7 Å². The van der Waals surface area contributed by atoms with Gasteiger partial charge in [0.15, 0.2) is 0 Å². The number of hydrogen-bond donors (Lipinski definition) is 2. The van der Waals surface area contributed by atoms with Gasteiger partial charge in [0.05, 0.1) is 0 Å². The van der Waals surface area contributed by atoms with E-state index in [0.29, 0.717) is 11.7 Å². The molecule has 16 heavy (non-hydrogen) atoms. The Labute approximate surface area is 102 Å². The lowest BCUT2D eigenvalue weighted by Gasteiger charge is -2.33. The number of carbonyl (C=O) groups is 1. The number of thioether (sulfide) groups is 1. The van der Waals surface area contributed by atoms with Crippen molar-refractivity contribution in [3.63, 3.8) is 0 Å². The van der Waals surface area contributed by atoms with Gasteiger partial charge in [-0.05, 0) is 43.9 Å². The average molecular weight is 245 g/mol. The van der Waals surface area contributed by atoms with Crippen molar-refractivity contribution in [1.29, 1.82) is 0 Å². The summed E-state index contributed by atoms with van der Waals surface area (Å²) in [5.74, 6) is 1.83. The van der Waals surface area contributed by atoms with Crippen LogP contribution in [-0.4, -0.2) is 34.7 Å². The minimum absolute atomic E-state index is 0.653. The fourth-order valence-corrected chi connectivity index (χ4v) is 3.23. The maximum Gasteiger partial charge on any atom is 0.324 e. The molecule has 1 aliphatic heterocycles.